The molecule has 1 heterocycles. The summed E-state index contributed by atoms with van der Waals surface area (Å²) in [7, 11) is 1.29. The number of nitrogens with zero attached hydrogens (tertiary/aromatic N) is 1. The van der Waals surface area contributed by atoms with Gasteiger partial charge in [0, 0.05) is 13.3 Å². The zero-order chi connectivity index (χ0) is 12.8. The Labute approximate surface area is 99.4 Å². The number of rotatable bonds is 5. The van der Waals surface area contributed by atoms with Crippen LogP contribution in [0.5, 0.6) is 0 Å². The number of hydrogen-bond acceptors (Lipinski definition) is 5. The number of carbonyl (C=O) groups is 2. The van der Waals surface area contributed by atoms with Crippen molar-refractivity contribution in [3.05, 3.63) is 17.3 Å². The molecule has 1 aromatic heterocycles. The summed E-state index contributed by atoms with van der Waals surface area (Å²) in [5.74, 6) is 0.589. The maximum Gasteiger partial charge on any atom is 0.306 e. The topological polar surface area (TPSA) is 81.4 Å². The van der Waals surface area contributed by atoms with Crippen LogP contribution in [-0.2, 0) is 20.9 Å². The van der Waals surface area contributed by atoms with E-state index in [-0.39, 0.29) is 25.3 Å². The molecule has 17 heavy (non-hydrogen) atoms. The molecular formula is C11H16N2O4. The Balaban J connectivity index is 2.33. The van der Waals surface area contributed by atoms with Crippen LogP contribution in [0, 0.1) is 13.8 Å². The van der Waals surface area contributed by atoms with Crippen LogP contribution in [0.15, 0.2) is 4.42 Å². The van der Waals surface area contributed by atoms with E-state index >= 15 is 0 Å². The van der Waals surface area contributed by atoms with Crippen LogP contribution in [0.4, 0.5) is 0 Å². The van der Waals surface area contributed by atoms with Crippen molar-refractivity contribution in [1.29, 1.82) is 0 Å². The van der Waals surface area contributed by atoms with Crippen molar-refractivity contribution in [1.82, 2.24) is 10.3 Å². The van der Waals surface area contributed by atoms with Gasteiger partial charge in [-0.15, -0.1) is 0 Å². The molecule has 1 N–H and O–H groups in total. The van der Waals surface area contributed by atoms with Gasteiger partial charge in [-0.2, -0.15) is 0 Å². The summed E-state index contributed by atoms with van der Waals surface area (Å²) in [5, 5.41) is 2.65. The first-order chi connectivity index (χ1) is 8.02. The average molecular weight is 240 g/mol. The predicted octanol–water partition coefficient (Wildman–Crippen LogP) is 0.861. The van der Waals surface area contributed by atoms with Gasteiger partial charge >= 0.3 is 5.97 Å². The fourth-order valence-corrected chi connectivity index (χ4v) is 1.32. The standard InChI is InChI=1S/C11H16N2O4/c1-7-9(17-8(2)13-7)6-12-10(14)4-5-11(15)16-3/h4-6H2,1-3H3,(H,12,14). The normalized spacial score (nSPS) is 10.1. The molecule has 0 aliphatic carbocycles. The highest BCUT2D eigenvalue weighted by Gasteiger charge is 2.10. The lowest BCUT2D eigenvalue weighted by atomic mass is 10.3. The van der Waals surface area contributed by atoms with Gasteiger partial charge in [-0.25, -0.2) is 4.98 Å². The van der Waals surface area contributed by atoms with Gasteiger partial charge in [-0.1, -0.05) is 0 Å². The van der Waals surface area contributed by atoms with Crippen LogP contribution < -0.4 is 5.32 Å². The van der Waals surface area contributed by atoms with E-state index in [0.29, 0.717) is 11.7 Å². The van der Waals surface area contributed by atoms with E-state index in [2.05, 4.69) is 15.0 Å². The van der Waals surface area contributed by atoms with E-state index in [1.54, 1.807) is 6.92 Å². The van der Waals surface area contributed by atoms with Gasteiger partial charge in [-0.05, 0) is 6.92 Å². The van der Waals surface area contributed by atoms with Crippen molar-refractivity contribution in [2.24, 2.45) is 0 Å². The third-order valence-electron chi connectivity index (χ3n) is 2.23. The molecular weight excluding hydrogens is 224 g/mol. The Morgan fingerprint density at radius 3 is 2.59 bits per heavy atom. The van der Waals surface area contributed by atoms with Crippen molar-refractivity contribution in [3.63, 3.8) is 0 Å². The molecule has 0 fully saturated rings. The Kier molecular flexibility index (Phi) is 4.68. The molecule has 0 saturated carbocycles. The van der Waals surface area contributed by atoms with Crippen LogP contribution in [0.25, 0.3) is 0 Å². The monoisotopic (exact) mass is 240 g/mol. The fraction of sp³-hybridized carbons (Fsp3) is 0.545. The van der Waals surface area contributed by atoms with Gasteiger partial charge in [0.15, 0.2) is 5.89 Å². The number of nitrogens with one attached hydrogen (secondary N) is 1. The summed E-state index contributed by atoms with van der Waals surface area (Å²) in [6.07, 6.45) is 0.190. The highest BCUT2D eigenvalue weighted by atomic mass is 16.5. The molecule has 94 valence electrons. The van der Waals surface area contributed by atoms with Crippen molar-refractivity contribution in [3.8, 4) is 0 Å². The molecule has 0 bridgehead atoms. The third-order valence-corrected chi connectivity index (χ3v) is 2.23. The minimum absolute atomic E-state index is 0.0801. The molecule has 6 nitrogen and oxygen atoms in total. The SMILES string of the molecule is COC(=O)CCC(=O)NCc1oc(C)nc1C. The van der Waals surface area contributed by atoms with Crippen LogP contribution in [0.1, 0.15) is 30.2 Å². The van der Waals surface area contributed by atoms with Crippen LogP contribution in [0.2, 0.25) is 0 Å². The quantitative estimate of drug-likeness (QED) is 0.772. The molecule has 1 rings (SSSR count). The second-order valence-corrected chi connectivity index (χ2v) is 3.59. The number of aromatic nitrogens is 1. The number of ether oxygens (including phenoxy) is 1. The minimum atomic E-state index is -0.396. The Hall–Kier alpha value is -1.85. The lowest BCUT2D eigenvalue weighted by Crippen LogP contribution is -2.23. The maximum atomic E-state index is 11.4. The molecule has 1 aromatic rings. The van der Waals surface area contributed by atoms with Crippen LogP contribution >= 0.6 is 0 Å². The molecule has 1 amide bonds. The predicted molar refractivity (Wildman–Crippen MR) is 59.1 cm³/mol. The van der Waals surface area contributed by atoms with E-state index in [1.807, 2.05) is 6.92 Å². The summed E-state index contributed by atoms with van der Waals surface area (Å²) < 4.78 is 9.73. The van der Waals surface area contributed by atoms with Crippen LogP contribution in [-0.4, -0.2) is 24.0 Å². The number of hydrogen-bond donors (Lipinski definition) is 1. The van der Waals surface area contributed by atoms with E-state index in [0.717, 1.165) is 5.69 Å². The number of carbonyl (C=O) groups excluding carboxylic acids is 2. The van der Waals surface area contributed by atoms with Crippen molar-refractivity contribution < 1.29 is 18.7 Å². The Bertz CT molecular complexity index is 412. The summed E-state index contributed by atoms with van der Waals surface area (Å²) in [4.78, 5) is 26.3. The maximum absolute atomic E-state index is 11.4. The molecule has 0 aliphatic rings. The number of amides is 1. The number of methoxy groups -OCH3 is 1. The lowest BCUT2D eigenvalue weighted by Gasteiger charge is -2.02. The zero-order valence-corrected chi connectivity index (χ0v) is 10.2. The summed E-state index contributed by atoms with van der Waals surface area (Å²) in [6.45, 7) is 3.84. The summed E-state index contributed by atoms with van der Waals surface area (Å²) in [5.41, 5.74) is 0.760. The molecule has 0 aromatic carbocycles. The third kappa shape index (κ3) is 4.26. The smallest absolute Gasteiger partial charge is 0.306 e. The van der Waals surface area contributed by atoms with E-state index in [1.165, 1.54) is 7.11 Å². The molecule has 0 atom stereocenters. The Morgan fingerprint density at radius 2 is 2.06 bits per heavy atom. The number of oxazole rings is 1. The Morgan fingerprint density at radius 1 is 1.35 bits per heavy atom. The second-order valence-electron chi connectivity index (χ2n) is 3.59. The minimum Gasteiger partial charge on any atom is -0.469 e. The van der Waals surface area contributed by atoms with Crippen molar-refractivity contribution >= 4 is 11.9 Å². The molecule has 0 saturated heterocycles. The molecule has 0 unspecified atom stereocenters. The summed E-state index contributed by atoms with van der Waals surface area (Å²) >= 11 is 0. The zero-order valence-electron chi connectivity index (χ0n) is 10.2. The van der Waals surface area contributed by atoms with Crippen LogP contribution in [0.3, 0.4) is 0 Å². The van der Waals surface area contributed by atoms with Gasteiger partial charge in [-0.3, -0.25) is 9.59 Å². The first kappa shape index (κ1) is 13.2. The van der Waals surface area contributed by atoms with Gasteiger partial charge in [0.05, 0.1) is 25.8 Å². The fourth-order valence-electron chi connectivity index (χ4n) is 1.32. The first-order valence-electron chi connectivity index (χ1n) is 5.29. The first-order valence-corrected chi connectivity index (χ1v) is 5.29. The second kappa shape index (κ2) is 6.03. The lowest BCUT2D eigenvalue weighted by molar-refractivity contribution is -0.142. The van der Waals surface area contributed by atoms with Crippen molar-refractivity contribution in [2.75, 3.05) is 7.11 Å². The van der Waals surface area contributed by atoms with E-state index in [4.69, 9.17) is 4.42 Å². The van der Waals surface area contributed by atoms with Gasteiger partial charge < -0.3 is 14.5 Å². The molecule has 6 heteroatoms. The van der Waals surface area contributed by atoms with E-state index < -0.39 is 5.97 Å². The van der Waals surface area contributed by atoms with Crippen molar-refractivity contribution in [2.45, 2.75) is 33.2 Å². The van der Waals surface area contributed by atoms with Gasteiger partial charge in [0.1, 0.15) is 5.76 Å². The molecule has 0 aliphatic heterocycles. The molecule has 0 radical (unpaired) electrons. The largest absolute Gasteiger partial charge is 0.469 e. The number of esters is 1. The molecule has 0 spiro atoms. The van der Waals surface area contributed by atoms with Gasteiger partial charge in [0.25, 0.3) is 0 Å². The highest BCUT2D eigenvalue weighted by molar-refractivity contribution is 5.81. The average Bonchev–Trinajstić information content (AvgIpc) is 2.62. The summed E-state index contributed by atoms with van der Waals surface area (Å²) in [6, 6.07) is 0. The number of aryl methyl sites for hydroxylation is 2. The van der Waals surface area contributed by atoms with Gasteiger partial charge in [0.2, 0.25) is 5.91 Å². The van der Waals surface area contributed by atoms with E-state index in [9.17, 15) is 9.59 Å². The highest BCUT2D eigenvalue weighted by Crippen LogP contribution is 2.08.